The van der Waals surface area contributed by atoms with Crippen LogP contribution in [0, 0.1) is 5.82 Å². The third-order valence-electron chi connectivity index (χ3n) is 6.14. The number of carbonyl (C=O) groups is 2. The van der Waals surface area contributed by atoms with Crippen molar-refractivity contribution in [1.82, 2.24) is 4.90 Å². The minimum absolute atomic E-state index is 0.0615. The van der Waals surface area contributed by atoms with E-state index in [0.717, 1.165) is 12.8 Å². The Kier molecular flexibility index (Phi) is 6.31. The Balaban J connectivity index is 1.76. The first kappa shape index (κ1) is 21.7. The van der Waals surface area contributed by atoms with Gasteiger partial charge in [0.2, 0.25) is 0 Å². The average Bonchev–Trinajstić information content (AvgIpc) is 3.30. The maximum Gasteiger partial charge on any atom is 0.317 e. The van der Waals surface area contributed by atoms with Crippen molar-refractivity contribution < 1.29 is 27.1 Å². The Morgan fingerprint density at radius 2 is 1.93 bits per heavy atom. The van der Waals surface area contributed by atoms with Gasteiger partial charge < -0.3 is 9.64 Å². The van der Waals surface area contributed by atoms with Gasteiger partial charge in [0.05, 0.1) is 16.9 Å². The molecule has 0 bridgehead atoms. The average molecular weight is 426 g/mol. The van der Waals surface area contributed by atoms with Crippen molar-refractivity contribution in [3.63, 3.8) is 0 Å². The van der Waals surface area contributed by atoms with Gasteiger partial charge in [0.1, 0.15) is 5.82 Å². The number of carbonyl (C=O) groups excluding carboxylic acids is 2. The number of benzene rings is 1. The molecule has 8 heteroatoms. The summed E-state index contributed by atoms with van der Waals surface area (Å²) < 4.78 is 43.6. The third kappa shape index (κ3) is 4.32. The van der Waals surface area contributed by atoms with Gasteiger partial charge in [-0.2, -0.15) is 0 Å². The zero-order chi connectivity index (χ0) is 21.2. The van der Waals surface area contributed by atoms with E-state index in [-0.39, 0.29) is 11.5 Å². The number of sulfone groups is 1. The smallest absolute Gasteiger partial charge is 0.317 e. The summed E-state index contributed by atoms with van der Waals surface area (Å²) in [5, 5.41) is 0. The van der Waals surface area contributed by atoms with Gasteiger partial charge in [0.15, 0.2) is 15.9 Å². The number of amides is 1. The van der Waals surface area contributed by atoms with Crippen LogP contribution in [0.15, 0.2) is 24.3 Å². The van der Waals surface area contributed by atoms with E-state index >= 15 is 0 Å². The van der Waals surface area contributed by atoms with E-state index < -0.39 is 45.1 Å². The van der Waals surface area contributed by atoms with Crippen LogP contribution in [0.25, 0.3) is 0 Å². The van der Waals surface area contributed by atoms with Crippen molar-refractivity contribution in [2.24, 2.45) is 0 Å². The van der Waals surface area contributed by atoms with Crippen molar-refractivity contribution >= 4 is 21.7 Å². The Hall–Kier alpha value is -1.96. The van der Waals surface area contributed by atoms with Gasteiger partial charge in [-0.1, -0.05) is 31.0 Å². The highest BCUT2D eigenvalue weighted by atomic mass is 32.2. The molecule has 1 aromatic rings. The molecule has 0 aromatic heterocycles. The predicted molar refractivity (Wildman–Crippen MR) is 107 cm³/mol. The summed E-state index contributed by atoms with van der Waals surface area (Å²) in [6.45, 7) is 3.60. The molecule has 1 aliphatic heterocycles. The zero-order valence-corrected chi connectivity index (χ0v) is 17.7. The summed E-state index contributed by atoms with van der Waals surface area (Å²) in [4.78, 5) is 27.5. The van der Waals surface area contributed by atoms with E-state index in [1.54, 1.807) is 25.1 Å². The first-order valence-electron chi connectivity index (χ1n) is 10.2. The molecule has 3 rings (SSSR count). The lowest BCUT2D eigenvalue weighted by atomic mass is 9.78. The summed E-state index contributed by atoms with van der Waals surface area (Å²) in [6.07, 6.45) is 1.86. The van der Waals surface area contributed by atoms with Gasteiger partial charge >= 0.3 is 5.97 Å². The second-order valence-electron chi connectivity index (χ2n) is 8.00. The highest BCUT2D eigenvalue weighted by Crippen LogP contribution is 2.43. The molecule has 1 aromatic carbocycles. The molecule has 2 aliphatic rings. The molecule has 1 saturated heterocycles. The van der Waals surface area contributed by atoms with E-state index in [1.165, 1.54) is 17.9 Å². The van der Waals surface area contributed by atoms with Crippen molar-refractivity contribution in [2.45, 2.75) is 63.5 Å². The van der Waals surface area contributed by atoms with E-state index in [4.69, 9.17) is 4.74 Å². The largest absolute Gasteiger partial charge is 0.452 e. The molecule has 160 valence electrons. The first-order valence-corrected chi connectivity index (χ1v) is 12.0. The predicted octanol–water partition coefficient (Wildman–Crippen LogP) is 2.60. The standard InChI is InChI=1S/C21H28FNO5S/c1-3-23(16-10-13-29(26,27)14-16)19(24)15(2)28-20(25)21(11-6-7-12-21)17-8-4-5-9-18(17)22/h4-5,8-9,15-16H,3,6-7,10-14H2,1-2H3/t15-,16+/m1/s1. The maximum absolute atomic E-state index is 14.5. The lowest BCUT2D eigenvalue weighted by molar-refractivity contribution is -0.164. The van der Waals surface area contributed by atoms with Gasteiger partial charge in [0, 0.05) is 18.2 Å². The second kappa shape index (κ2) is 8.42. The molecule has 29 heavy (non-hydrogen) atoms. The molecule has 0 radical (unpaired) electrons. The lowest BCUT2D eigenvalue weighted by Gasteiger charge is -2.32. The molecule has 1 heterocycles. The highest BCUT2D eigenvalue weighted by molar-refractivity contribution is 7.91. The fourth-order valence-corrected chi connectivity index (χ4v) is 6.31. The second-order valence-corrected chi connectivity index (χ2v) is 10.2. The molecule has 0 spiro atoms. The summed E-state index contributed by atoms with van der Waals surface area (Å²) in [5.74, 6) is -1.45. The van der Waals surface area contributed by atoms with Gasteiger partial charge in [-0.15, -0.1) is 0 Å². The van der Waals surface area contributed by atoms with Crippen LogP contribution in [0.2, 0.25) is 0 Å². The summed E-state index contributed by atoms with van der Waals surface area (Å²) in [6, 6.07) is 5.81. The van der Waals surface area contributed by atoms with Gasteiger partial charge in [-0.05, 0) is 39.2 Å². The van der Waals surface area contributed by atoms with Gasteiger partial charge in [-0.25, -0.2) is 12.8 Å². The van der Waals surface area contributed by atoms with Crippen LogP contribution in [0.5, 0.6) is 0 Å². The van der Waals surface area contributed by atoms with Crippen molar-refractivity contribution in [3.05, 3.63) is 35.6 Å². The lowest BCUT2D eigenvalue weighted by Crippen LogP contribution is -2.48. The number of rotatable bonds is 6. The topological polar surface area (TPSA) is 80.8 Å². The van der Waals surface area contributed by atoms with Crippen LogP contribution in [0.3, 0.4) is 0 Å². The minimum atomic E-state index is -3.14. The van der Waals surface area contributed by atoms with Crippen LogP contribution >= 0.6 is 0 Å². The summed E-state index contributed by atoms with van der Waals surface area (Å²) >= 11 is 0. The fraction of sp³-hybridized carbons (Fsp3) is 0.619. The van der Waals surface area contributed by atoms with E-state index in [1.807, 2.05) is 0 Å². The van der Waals surface area contributed by atoms with Crippen LogP contribution in [0.4, 0.5) is 4.39 Å². The number of halogens is 1. The van der Waals surface area contributed by atoms with Crippen LogP contribution in [0.1, 0.15) is 51.5 Å². The molecule has 0 N–H and O–H groups in total. The summed E-state index contributed by atoms with van der Waals surface area (Å²) in [7, 11) is -3.14. The van der Waals surface area contributed by atoms with Crippen molar-refractivity contribution in [1.29, 1.82) is 0 Å². The van der Waals surface area contributed by atoms with E-state index in [0.29, 0.717) is 31.4 Å². The Morgan fingerprint density at radius 3 is 2.48 bits per heavy atom. The quantitative estimate of drug-likeness (QED) is 0.655. The van der Waals surface area contributed by atoms with Gasteiger partial charge in [-0.3, -0.25) is 9.59 Å². The molecule has 2 fully saturated rings. The van der Waals surface area contributed by atoms with E-state index in [2.05, 4.69) is 0 Å². The van der Waals surface area contributed by atoms with Crippen molar-refractivity contribution in [2.75, 3.05) is 18.1 Å². The van der Waals surface area contributed by atoms with Crippen LogP contribution in [-0.4, -0.2) is 55.4 Å². The van der Waals surface area contributed by atoms with E-state index in [9.17, 15) is 22.4 Å². The van der Waals surface area contributed by atoms with Crippen molar-refractivity contribution in [3.8, 4) is 0 Å². The molecule has 6 nitrogen and oxygen atoms in total. The third-order valence-corrected chi connectivity index (χ3v) is 7.89. The SMILES string of the molecule is CCN(C(=O)[C@@H](C)OC(=O)C1(c2ccccc2F)CCCC1)[C@H]1CCS(=O)(=O)C1. The Bertz CT molecular complexity index is 879. The minimum Gasteiger partial charge on any atom is -0.452 e. The molecule has 1 saturated carbocycles. The number of nitrogens with zero attached hydrogens (tertiary/aromatic N) is 1. The number of hydrogen-bond donors (Lipinski definition) is 0. The molecular formula is C21H28FNO5S. The Morgan fingerprint density at radius 1 is 1.28 bits per heavy atom. The molecular weight excluding hydrogens is 397 g/mol. The zero-order valence-electron chi connectivity index (χ0n) is 16.9. The van der Waals surface area contributed by atoms with Crippen LogP contribution < -0.4 is 0 Å². The Labute approximate surface area is 171 Å². The maximum atomic E-state index is 14.5. The molecule has 1 amide bonds. The van der Waals surface area contributed by atoms with Crippen LogP contribution in [-0.2, 0) is 29.6 Å². The normalized spacial score (nSPS) is 23.5. The first-order chi connectivity index (χ1) is 13.7. The highest BCUT2D eigenvalue weighted by Gasteiger charge is 2.47. The molecule has 1 aliphatic carbocycles. The number of hydrogen-bond acceptors (Lipinski definition) is 5. The molecule has 0 unspecified atom stereocenters. The fourth-order valence-electron chi connectivity index (χ4n) is 4.58. The number of likely N-dealkylation sites (N-methyl/N-ethyl adjacent to an activating group) is 1. The number of esters is 1. The monoisotopic (exact) mass is 425 g/mol. The molecule has 2 atom stereocenters. The number of ether oxygens (including phenoxy) is 1. The summed E-state index contributed by atoms with van der Waals surface area (Å²) in [5.41, 5.74) is -0.760. The van der Waals surface area contributed by atoms with Gasteiger partial charge in [0.25, 0.3) is 5.91 Å².